The molecule has 0 saturated carbocycles. The molecule has 2 saturated heterocycles. The third-order valence-corrected chi connectivity index (χ3v) is 6.72. The van der Waals surface area contributed by atoms with Crippen LogP contribution in [-0.4, -0.2) is 17.9 Å². The number of halogens is 1. The molecule has 3 aromatic carbocycles. The number of para-hydroxylation sites is 2. The van der Waals surface area contributed by atoms with Gasteiger partial charge >= 0.3 is 0 Å². The largest absolute Gasteiger partial charge is 0.459 e. The smallest absolute Gasteiger partial charge is 0.266 e. The highest BCUT2D eigenvalue weighted by molar-refractivity contribution is 9.10. The highest BCUT2D eigenvalue weighted by Crippen LogP contribution is 2.48. The van der Waals surface area contributed by atoms with Crippen LogP contribution in [0.1, 0.15) is 11.8 Å². The van der Waals surface area contributed by atoms with Gasteiger partial charge in [0.05, 0.1) is 11.4 Å². The zero-order valence-electron chi connectivity index (χ0n) is 17.9. The van der Waals surface area contributed by atoms with Crippen molar-refractivity contribution in [1.29, 1.82) is 0 Å². The normalized spacial score (nSPS) is 21.9. The number of hydroxylamine groups is 1. The number of furan rings is 1. The van der Waals surface area contributed by atoms with Gasteiger partial charge in [-0.2, -0.15) is 0 Å². The minimum absolute atomic E-state index is 0.300. The van der Waals surface area contributed by atoms with E-state index in [9.17, 15) is 9.59 Å². The maximum absolute atomic E-state index is 13.6. The van der Waals surface area contributed by atoms with Crippen LogP contribution in [0.3, 0.4) is 0 Å². The number of imide groups is 1. The zero-order chi connectivity index (χ0) is 23.2. The number of carbonyl (C=O) groups is 2. The topological polar surface area (TPSA) is 63.0 Å². The fourth-order valence-electron chi connectivity index (χ4n) is 4.61. The van der Waals surface area contributed by atoms with Crippen molar-refractivity contribution in [1.82, 2.24) is 0 Å². The summed E-state index contributed by atoms with van der Waals surface area (Å²) in [7, 11) is 0. The maximum Gasteiger partial charge on any atom is 0.266 e. The molecular formula is C27H19BrN2O4. The number of hydrogen-bond donors (Lipinski definition) is 0. The van der Waals surface area contributed by atoms with Crippen molar-refractivity contribution in [2.75, 3.05) is 9.96 Å². The van der Waals surface area contributed by atoms with Crippen molar-refractivity contribution in [3.8, 4) is 11.3 Å². The van der Waals surface area contributed by atoms with Crippen LogP contribution in [0.25, 0.3) is 11.3 Å². The Morgan fingerprint density at radius 3 is 2.03 bits per heavy atom. The highest BCUT2D eigenvalue weighted by atomic mass is 79.9. The van der Waals surface area contributed by atoms with Gasteiger partial charge in [0.1, 0.15) is 23.5 Å². The monoisotopic (exact) mass is 514 g/mol. The minimum atomic E-state index is -0.931. The number of benzene rings is 3. The number of anilines is 2. The molecule has 2 aliphatic rings. The number of hydrogen-bond acceptors (Lipinski definition) is 5. The molecule has 0 aliphatic carbocycles. The third-order valence-electron chi connectivity index (χ3n) is 6.19. The lowest BCUT2D eigenvalue weighted by Crippen LogP contribution is -2.37. The minimum Gasteiger partial charge on any atom is -0.459 e. The summed E-state index contributed by atoms with van der Waals surface area (Å²) in [6.45, 7) is 0. The number of fused-ring (bicyclic) bond motifs is 1. The Labute approximate surface area is 204 Å². The number of nitrogens with zero attached hydrogens (tertiary/aromatic N) is 2. The lowest BCUT2D eigenvalue weighted by atomic mass is 9.94. The molecule has 0 radical (unpaired) electrons. The van der Waals surface area contributed by atoms with Gasteiger partial charge < -0.3 is 4.42 Å². The predicted octanol–water partition coefficient (Wildman–Crippen LogP) is 5.76. The summed E-state index contributed by atoms with van der Waals surface area (Å²) < 4.78 is 7.23. The molecule has 0 unspecified atom stereocenters. The van der Waals surface area contributed by atoms with Crippen LogP contribution in [0.5, 0.6) is 0 Å². The van der Waals surface area contributed by atoms with E-state index < -0.39 is 18.1 Å². The fraction of sp³-hybridized carbons (Fsp3) is 0.111. The van der Waals surface area contributed by atoms with E-state index in [4.69, 9.17) is 9.25 Å². The van der Waals surface area contributed by atoms with E-state index >= 15 is 0 Å². The van der Waals surface area contributed by atoms with Gasteiger partial charge in [0.2, 0.25) is 5.91 Å². The lowest BCUT2D eigenvalue weighted by molar-refractivity contribution is -0.126. The summed E-state index contributed by atoms with van der Waals surface area (Å²) in [6.07, 6.45) is -0.931. The van der Waals surface area contributed by atoms with Gasteiger partial charge in [0, 0.05) is 10.0 Å². The van der Waals surface area contributed by atoms with Crippen LogP contribution in [0.15, 0.2) is 106 Å². The van der Waals surface area contributed by atoms with Gasteiger partial charge in [0.15, 0.2) is 6.10 Å². The van der Waals surface area contributed by atoms with Gasteiger partial charge in [-0.25, -0.2) is 9.96 Å². The molecule has 4 aromatic rings. The van der Waals surface area contributed by atoms with Crippen LogP contribution in [0.2, 0.25) is 0 Å². The quantitative estimate of drug-likeness (QED) is 0.324. The number of amides is 2. The Balaban J connectivity index is 1.42. The average molecular weight is 515 g/mol. The highest BCUT2D eigenvalue weighted by Gasteiger charge is 2.61. The molecule has 6 rings (SSSR count). The Bertz CT molecular complexity index is 1350. The van der Waals surface area contributed by atoms with Crippen LogP contribution in [0.4, 0.5) is 11.4 Å². The summed E-state index contributed by atoms with van der Waals surface area (Å²) in [5, 5.41) is 1.64. The third kappa shape index (κ3) is 3.36. The van der Waals surface area contributed by atoms with Crippen molar-refractivity contribution in [3.63, 3.8) is 0 Å². The molecular weight excluding hydrogens is 496 g/mol. The van der Waals surface area contributed by atoms with Crippen molar-refractivity contribution < 1.29 is 18.8 Å². The lowest BCUT2D eigenvalue weighted by Gasteiger charge is -2.27. The fourth-order valence-corrected chi connectivity index (χ4v) is 4.88. The second-order valence-corrected chi connectivity index (χ2v) is 9.13. The first-order valence-corrected chi connectivity index (χ1v) is 11.7. The summed E-state index contributed by atoms with van der Waals surface area (Å²) in [4.78, 5) is 34.3. The summed E-state index contributed by atoms with van der Waals surface area (Å²) in [5.74, 6) is -0.173. The van der Waals surface area contributed by atoms with Gasteiger partial charge in [-0.3, -0.25) is 14.4 Å². The van der Waals surface area contributed by atoms with E-state index in [2.05, 4.69) is 15.9 Å². The second kappa shape index (κ2) is 8.27. The molecule has 7 heteroatoms. The van der Waals surface area contributed by atoms with Crippen LogP contribution in [0, 0.1) is 5.92 Å². The van der Waals surface area contributed by atoms with E-state index in [-0.39, 0.29) is 11.8 Å². The van der Waals surface area contributed by atoms with E-state index in [1.807, 2.05) is 72.8 Å². The van der Waals surface area contributed by atoms with Gasteiger partial charge in [-0.05, 0) is 48.5 Å². The molecule has 2 amide bonds. The molecule has 0 spiro atoms. The van der Waals surface area contributed by atoms with E-state index in [1.165, 1.54) is 4.90 Å². The Hall–Kier alpha value is -3.68. The molecule has 168 valence electrons. The van der Waals surface area contributed by atoms with Crippen LogP contribution in [-0.2, 0) is 14.4 Å². The van der Waals surface area contributed by atoms with Crippen molar-refractivity contribution in [2.24, 2.45) is 5.92 Å². The average Bonchev–Trinajstić information content (AvgIpc) is 3.56. The molecule has 3 atom stereocenters. The molecule has 34 heavy (non-hydrogen) atoms. The summed E-state index contributed by atoms with van der Waals surface area (Å²) in [6, 6.07) is 29.3. The van der Waals surface area contributed by atoms with Crippen LogP contribution >= 0.6 is 15.9 Å². The van der Waals surface area contributed by atoms with Gasteiger partial charge in [-0.15, -0.1) is 0 Å². The first-order chi connectivity index (χ1) is 16.6. The van der Waals surface area contributed by atoms with E-state index in [1.54, 1.807) is 29.3 Å². The summed E-state index contributed by atoms with van der Waals surface area (Å²) in [5.41, 5.74) is 2.20. The van der Waals surface area contributed by atoms with Crippen molar-refractivity contribution in [2.45, 2.75) is 12.1 Å². The maximum atomic E-state index is 13.6. The molecule has 0 N–H and O–H groups in total. The number of carbonyl (C=O) groups excluding carboxylic acids is 2. The summed E-state index contributed by atoms with van der Waals surface area (Å²) >= 11 is 3.45. The molecule has 2 fully saturated rings. The van der Waals surface area contributed by atoms with Gasteiger partial charge in [-0.1, -0.05) is 64.5 Å². The molecule has 6 nitrogen and oxygen atoms in total. The zero-order valence-corrected chi connectivity index (χ0v) is 19.5. The standard InChI is InChI=1S/C27H19BrN2O4/c28-18-13-11-17(12-14-18)21-15-16-22(33-21)24-23-25(34-30(24)20-9-5-2-6-10-20)27(32)29(26(23)31)19-7-3-1-4-8-19/h1-16,23-25H/t23-,24-,25-/m1/s1. The van der Waals surface area contributed by atoms with Crippen molar-refractivity contribution >= 4 is 39.1 Å². The molecule has 0 bridgehead atoms. The first kappa shape index (κ1) is 20.9. The number of rotatable bonds is 4. The van der Waals surface area contributed by atoms with E-state index in [0.717, 1.165) is 15.7 Å². The SMILES string of the molecule is O=C1[C@@H]2[C@@H](c3ccc(-c4ccc(Br)cc4)o3)N(c3ccccc3)O[C@H]2C(=O)N1c1ccccc1. The Morgan fingerprint density at radius 2 is 1.35 bits per heavy atom. The predicted molar refractivity (Wildman–Crippen MR) is 131 cm³/mol. The Morgan fingerprint density at radius 1 is 0.706 bits per heavy atom. The Kier molecular flexibility index (Phi) is 5.08. The van der Waals surface area contributed by atoms with Crippen LogP contribution < -0.4 is 9.96 Å². The van der Waals surface area contributed by atoms with E-state index in [0.29, 0.717) is 17.2 Å². The molecule has 1 aromatic heterocycles. The molecule has 2 aliphatic heterocycles. The first-order valence-electron chi connectivity index (χ1n) is 10.9. The van der Waals surface area contributed by atoms with Crippen molar-refractivity contribution in [3.05, 3.63) is 107 Å². The molecule has 3 heterocycles. The van der Waals surface area contributed by atoms with Gasteiger partial charge in [0.25, 0.3) is 5.91 Å². The second-order valence-electron chi connectivity index (χ2n) is 8.21.